The summed E-state index contributed by atoms with van der Waals surface area (Å²) in [4.78, 5) is 44.4. The number of rotatable bonds is 20. The van der Waals surface area contributed by atoms with E-state index in [9.17, 15) is 0 Å². The third-order valence-corrected chi connectivity index (χ3v) is 23.3. The Hall–Kier alpha value is -12.1. The van der Waals surface area contributed by atoms with E-state index in [-0.39, 0.29) is 34.1 Å². The van der Waals surface area contributed by atoms with Gasteiger partial charge in [0.2, 0.25) is 0 Å². The molecule has 14 aromatic heterocycles. The molecule has 16 bridgehead atoms. The Bertz CT molecular complexity index is 5850. The van der Waals surface area contributed by atoms with Gasteiger partial charge in [0.15, 0.2) is 0 Å². The van der Waals surface area contributed by atoms with Gasteiger partial charge < -0.3 is 19.9 Å². The Morgan fingerprint density at radius 3 is 0.517 bits per heavy atom. The molecule has 0 aromatic carbocycles. The molecular formula is C92H104Mn2N24+10. The average molecular weight is 1660 g/mol. The Balaban J connectivity index is 0.000000182. The molecule has 596 valence electrons. The maximum atomic E-state index is 5.59. The van der Waals surface area contributed by atoms with Gasteiger partial charge in [-0.3, -0.25) is 0 Å². The molecule has 0 saturated heterocycles. The summed E-state index contributed by atoms with van der Waals surface area (Å²) in [5.41, 5.74) is 21.5. The van der Waals surface area contributed by atoms with Crippen LogP contribution in [0.5, 0.6) is 0 Å². The van der Waals surface area contributed by atoms with Crippen LogP contribution in [-0.4, -0.2) is 56.5 Å². The Kier molecular flexibility index (Phi) is 23.0. The van der Waals surface area contributed by atoms with Crippen molar-refractivity contribution in [2.75, 3.05) is 0 Å². The summed E-state index contributed by atoms with van der Waals surface area (Å²) >= 11 is 0. The maximum absolute atomic E-state index is 5.59. The molecule has 0 amide bonds. The first kappa shape index (κ1) is 81.1. The van der Waals surface area contributed by atoms with Gasteiger partial charge in [-0.25, -0.2) is 93.0 Å². The standard InChI is InChI=1S/C48H56N12.C44H48N12.2Mn/c1-9-53-25-26-54(10-2)45(53)41-33-17-19-35(49-33)42(46-55(11-3)27-28-56(46)12-4)37-21-23-39(51-37)44(48-59(15-7)31-32-60(48)16-8)40-24-22-38(52-40)43(36-20-18-34(41)50-36)47-57(13-5)29-30-58(47)14-6;1-9-53-25-21-49(5)41(53)37-29-13-15-31(45-29)38(42-50(6)22-26-54(42)10-2)33-17-19-35(47-33)40(44-52(8)24-28-56(44)12-4)36-20-18-34(48-36)39(32-16-14-30(37)46-32)43-51(7)23-27-55(43)11-3;;/h17-32H,9-16H2,1-8H3;13-28H,9-12H2,1-8H3;;/q2*+2;2*+3. The molecule has 0 N–H and O–H groups in total. The molecule has 0 aliphatic carbocycles. The number of fused-ring (bicyclic) bond motifs is 16. The molecule has 0 unspecified atom stereocenters. The van der Waals surface area contributed by atoms with Crippen molar-refractivity contribution in [3.63, 3.8) is 0 Å². The van der Waals surface area contributed by atoms with E-state index in [1.807, 2.05) is 0 Å². The Morgan fingerprint density at radius 2 is 0.364 bits per heavy atom. The first-order valence-electron chi connectivity index (χ1n) is 41.3. The summed E-state index contributed by atoms with van der Waals surface area (Å²) in [6.07, 6.45) is 51.5. The first-order valence-corrected chi connectivity index (χ1v) is 41.3. The normalized spacial score (nSPS) is 12.2. The van der Waals surface area contributed by atoms with Gasteiger partial charge >= 0.3 is 34.1 Å². The monoisotopic (exact) mass is 1650 g/mol. The van der Waals surface area contributed by atoms with Gasteiger partial charge in [-0.15, -0.1) is 44.1 Å². The summed E-state index contributed by atoms with van der Waals surface area (Å²) in [5.74, 6) is 8.42. The van der Waals surface area contributed by atoms with E-state index < -0.39 is 0 Å². The van der Waals surface area contributed by atoms with Gasteiger partial charge in [0, 0.05) is 0 Å². The second kappa shape index (κ2) is 33.5. The van der Waals surface area contributed by atoms with Crippen molar-refractivity contribution < 1.29 is 70.7 Å². The third kappa shape index (κ3) is 13.7. The van der Waals surface area contributed by atoms with E-state index in [1.54, 1.807) is 0 Å². The van der Waals surface area contributed by atoms with Crippen molar-refractivity contribution in [1.29, 1.82) is 0 Å². The van der Waals surface area contributed by atoms with Gasteiger partial charge in [-0.2, -0.15) is 0 Å². The largest absolute Gasteiger partial charge is 3.00 e. The predicted octanol–water partition coefficient (Wildman–Crippen LogP) is 12.3. The van der Waals surface area contributed by atoms with Crippen molar-refractivity contribution in [3.05, 3.63) is 193 Å². The first-order chi connectivity index (χ1) is 56.6. The summed E-state index contributed by atoms with van der Waals surface area (Å²) < 4.78 is 36.1. The van der Waals surface area contributed by atoms with Crippen LogP contribution in [0.4, 0.5) is 0 Å². The second-order valence-electron chi connectivity index (χ2n) is 29.6. The fourth-order valence-electron chi connectivity index (χ4n) is 17.5. The molecule has 0 saturated carbocycles. The minimum Gasteiger partial charge on any atom is -0.656 e. The molecule has 18 rings (SSSR count). The molecule has 0 fully saturated rings. The van der Waals surface area contributed by atoms with Crippen LogP contribution >= 0.6 is 0 Å². The number of aromatic nitrogens is 24. The average Bonchev–Trinajstić information content (AvgIpc) is 1.59. The van der Waals surface area contributed by atoms with Gasteiger partial charge in [-0.1, -0.05) is 48.5 Å². The molecule has 14 aromatic rings. The van der Waals surface area contributed by atoms with Crippen LogP contribution in [0.15, 0.2) is 148 Å². The van der Waals surface area contributed by atoms with Crippen LogP contribution in [-0.2, 0) is 141 Å². The predicted molar refractivity (Wildman–Crippen MR) is 455 cm³/mol. The maximum Gasteiger partial charge on any atom is 3.00 e. The van der Waals surface area contributed by atoms with Crippen LogP contribution < -0.4 is 56.5 Å². The van der Waals surface area contributed by atoms with Crippen molar-refractivity contribution >= 4 is 92.7 Å². The fourth-order valence-corrected chi connectivity index (χ4v) is 17.5. The van der Waals surface area contributed by atoms with Crippen LogP contribution in [0.1, 0.15) is 129 Å². The zero-order valence-corrected chi connectivity index (χ0v) is 72.8. The smallest absolute Gasteiger partial charge is 0.656 e. The number of hydrogen-bond acceptors (Lipinski definition) is 4. The zero-order chi connectivity index (χ0) is 80.5. The van der Waals surface area contributed by atoms with Gasteiger partial charge in [0.05, 0.1) is 197 Å². The van der Waals surface area contributed by atoms with E-state index in [0.29, 0.717) is 0 Å². The van der Waals surface area contributed by atoms with E-state index in [4.69, 9.17) is 39.9 Å². The van der Waals surface area contributed by atoms with Crippen LogP contribution in [0.25, 0.3) is 184 Å². The van der Waals surface area contributed by atoms with E-state index in [0.717, 1.165) is 259 Å². The van der Waals surface area contributed by atoms with Crippen molar-refractivity contribution in [1.82, 2.24) is 76.4 Å². The van der Waals surface area contributed by atoms with E-state index in [1.165, 1.54) is 0 Å². The molecule has 26 heteroatoms. The molecule has 118 heavy (non-hydrogen) atoms. The van der Waals surface area contributed by atoms with Crippen molar-refractivity contribution in [2.45, 2.75) is 162 Å². The minimum absolute atomic E-state index is 0. The van der Waals surface area contributed by atoms with Crippen LogP contribution in [0.2, 0.25) is 0 Å². The topological polar surface area (TPSA) is 178 Å². The molecular weight excluding hydrogens is 1550 g/mol. The van der Waals surface area contributed by atoms with Gasteiger partial charge in [-0.05, 0) is 132 Å². The molecule has 24 nitrogen and oxygen atoms in total. The second-order valence-corrected chi connectivity index (χ2v) is 29.6. The molecule has 0 radical (unpaired) electrons. The summed E-state index contributed by atoms with van der Waals surface area (Å²) in [5, 5.41) is 0. The van der Waals surface area contributed by atoms with E-state index >= 15 is 0 Å². The molecule has 4 aliphatic heterocycles. The number of nitrogens with zero attached hydrogens (tertiary/aromatic N) is 24. The fraction of sp³-hybridized carbons (Fsp3) is 0.304. The zero-order valence-electron chi connectivity index (χ0n) is 70.4. The Labute approximate surface area is 709 Å². The third-order valence-electron chi connectivity index (χ3n) is 23.3. The van der Waals surface area contributed by atoms with Gasteiger partial charge in [0.25, 0.3) is 46.6 Å². The molecule has 0 spiro atoms. The van der Waals surface area contributed by atoms with Crippen molar-refractivity contribution in [3.8, 4) is 91.1 Å². The van der Waals surface area contributed by atoms with Crippen LogP contribution in [0, 0.1) is 0 Å². The minimum atomic E-state index is 0. The summed E-state index contributed by atoms with van der Waals surface area (Å²) in [6, 6.07) is 17.2. The Morgan fingerprint density at radius 1 is 0.220 bits per heavy atom. The number of aryl methyl sites for hydroxylation is 16. The van der Waals surface area contributed by atoms with Crippen LogP contribution in [0.3, 0.4) is 0 Å². The summed E-state index contributed by atoms with van der Waals surface area (Å²) in [7, 11) is 8.36. The van der Waals surface area contributed by atoms with Crippen molar-refractivity contribution in [2.24, 2.45) is 28.2 Å². The molecule has 0 atom stereocenters. The molecule has 18 heterocycles. The number of hydrogen-bond donors (Lipinski definition) is 0. The summed E-state index contributed by atoms with van der Waals surface area (Å²) in [6.45, 7) is 35.9. The quantitative estimate of drug-likeness (QED) is 0.0534. The molecule has 4 aliphatic rings. The van der Waals surface area contributed by atoms with Gasteiger partial charge in [0.1, 0.15) is 99.1 Å². The van der Waals surface area contributed by atoms with E-state index in [2.05, 4.69) is 381 Å². The number of imidazole rings is 8. The SMILES string of the molecule is CCn1cc[n+](C)c1-c1c2nc(c(-c3n(CC)cc[n+]3C)c3ccc([n-]3)c(-c3n(CC)cc[n+]3C)c3nc(c(-c4n(CC)cc[n+]4C)c4ccc1[n-]4)C=C3)C=C2.CCn1cc[n+](CC)c1-c1c2nc(c(-c3n(CC)cc[n+]3CC)c3ccc([n-]3)c(-c3n(CC)cc[n+]3CC)c3nc(c(-c4n(CC)cc[n+]4CC)c4ccc1[n-]4)C=C3)C=C2.[Mn+3].[Mn+3].